The standard InChI is InChI=1S/C11H15BrO/c1-10(5-7-12)3-2-4-11-6-8-13-9-11/h5-6,8-9H,2-4,7H2,1H3/b10-5+. The van der Waals surface area contributed by atoms with Crippen LogP contribution in [0.25, 0.3) is 0 Å². The van der Waals surface area contributed by atoms with Crippen molar-refractivity contribution in [2.45, 2.75) is 26.2 Å². The molecule has 1 rings (SSSR count). The molecule has 0 unspecified atom stereocenters. The highest BCUT2D eigenvalue weighted by Gasteiger charge is 1.95. The minimum atomic E-state index is 0.963. The van der Waals surface area contributed by atoms with Crippen LogP contribution in [-0.4, -0.2) is 5.33 Å². The summed E-state index contributed by atoms with van der Waals surface area (Å²) in [4.78, 5) is 0. The van der Waals surface area contributed by atoms with Gasteiger partial charge in [0.15, 0.2) is 0 Å². The van der Waals surface area contributed by atoms with Crippen LogP contribution in [0.5, 0.6) is 0 Å². The van der Waals surface area contributed by atoms with E-state index in [0.717, 1.165) is 11.8 Å². The van der Waals surface area contributed by atoms with Crippen molar-refractivity contribution in [2.24, 2.45) is 0 Å². The summed E-state index contributed by atoms with van der Waals surface area (Å²) < 4.78 is 5.00. The van der Waals surface area contributed by atoms with Gasteiger partial charge in [-0.25, -0.2) is 0 Å². The van der Waals surface area contributed by atoms with Crippen LogP contribution in [0.1, 0.15) is 25.3 Å². The largest absolute Gasteiger partial charge is 0.472 e. The van der Waals surface area contributed by atoms with Gasteiger partial charge < -0.3 is 4.42 Å². The number of furan rings is 1. The number of hydrogen-bond acceptors (Lipinski definition) is 1. The lowest BCUT2D eigenvalue weighted by Gasteiger charge is -1.98. The van der Waals surface area contributed by atoms with Crippen LogP contribution in [0.2, 0.25) is 0 Å². The molecular weight excluding hydrogens is 228 g/mol. The second-order valence-electron chi connectivity index (χ2n) is 3.19. The van der Waals surface area contributed by atoms with E-state index in [4.69, 9.17) is 4.42 Å². The van der Waals surface area contributed by atoms with Crippen LogP contribution in [-0.2, 0) is 6.42 Å². The molecule has 0 radical (unpaired) electrons. The minimum Gasteiger partial charge on any atom is -0.472 e. The second kappa shape index (κ2) is 6.03. The lowest BCUT2D eigenvalue weighted by atomic mass is 10.1. The molecule has 1 aromatic rings. The highest BCUT2D eigenvalue weighted by atomic mass is 79.9. The zero-order chi connectivity index (χ0) is 9.52. The molecule has 1 aromatic heterocycles. The van der Waals surface area contributed by atoms with Crippen LogP contribution < -0.4 is 0 Å². The van der Waals surface area contributed by atoms with Gasteiger partial charge in [-0.2, -0.15) is 0 Å². The van der Waals surface area contributed by atoms with Crippen molar-refractivity contribution in [3.05, 3.63) is 35.8 Å². The molecule has 0 aliphatic heterocycles. The Balaban J connectivity index is 2.18. The maximum Gasteiger partial charge on any atom is 0.0934 e. The predicted octanol–water partition coefficient (Wildman–Crippen LogP) is 3.94. The molecule has 0 amide bonds. The summed E-state index contributed by atoms with van der Waals surface area (Å²) in [6.45, 7) is 2.18. The quantitative estimate of drug-likeness (QED) is 0.563. The molecule has 1 heterocycles. The molecule has 0 spiro atoms. The molecule has 0 fully saturated rings. The molecule has 1 nitrogen and oxygen atoms in total. The molecule has 0 aromatic carbocycles. The van der Waals surface area contributed by atoms with E-state index in [-0.39, 0.29) is 0 Å². The van der Waals surface area contributed by atoms with Gasteiger partial charge in [-0.15, -0.1) is 0 Å². The highest BCUT2D eigenvalue weighted by Crippen LogP contribution is 2.10. The molecule has 0 aliphatic rings. The van der Waals surface area contributed by atoms with Gasteiger partial charge in [0.25, 0.3) is 0 Å². The lowest BCUT2D eigenvalue weighted by Crippen LogP contribution is -1.84. The maximum atomic E-state index is 5.00. The molecule has 2 heteroatoms. The van der Waals surface area contributed by atoms with Crippen molar-refractivity contribution in [1.29, 1.82) is 0 Å². The average Bonchev–Trinajstić information content (AvgIpc) is 2.57. The first-order valence-corrected chi connectivity index (χ1v) is 5.67. The summed E-state index contributed by atoms with van der Waals surface area (Å²) in [6, 6.07) is 2.03. The Kier molecular flexibility index (Phi) is 4.91. The smallest absolute Gasteiger partial charge is 0.0934 e. The summed E-state index contributed by atoms with van der Waals surface area (Å²) in [7, 11) is 0. The fourth-order valence-electron chi connectivity index (χ4n) is 1.24. The number of rotatable bonds is 5. The number of hydrogen-bond donors (Lipinski definition) is 0. The second-order valence-corrected chi connectivity index (χ2v) is 3.84. The van der Waals surface area contributed by atoms with Gasteiger partial charge in [-0.1, -0.05) is 27.6 Å². The first-order valence-electron chi connectivity index (χ1n) is 4.55. The fourth-order valence-corrected chi connectivity index (χ4v) is 1.79. The Morgan fingerprint density at radius 1 is 1.62 bits per heavy atom. The number of allylic oxidation sites excluding steroid dienone is 2. The molecule has 0 aliphatic carbocycles. The zero-order valence-corrected chi connectivity index (χ0v) is 9.51. The number of alkyl halides is 1. The van der Waals surface area contributed by atoms with Crippen LogP contribution in [0.15, 0.2) is 34.7 Å². The van der Waals surface area contributed by atoms with Crippen molar-refractivity contribution in [2.75, 3.05) is 5.33 Å². The van der Waals surface area contributed by atoms with E-state index in [0.29, 0.717) is 0 Å². The van der Waals surface area contributed by atoms with E-state index in [9.17, 15) is 0 Å². The Hall–Kier alpha value is -0.500. The summed E-state index contributed by atoms with van der Waals surface area (Å²) in [5.74, 6) is 0. The molecule has 0 atom stereocenters. The van der Waals surface area contributed by atoms with Crippen LogP contribution in [0.4, 0.5) is 0 Å². The Morgan fingerprint density at radius 3 is 3.08 bits per heavy atom. The van der Waals surface area contributed by atoms with Crippen molar-refractivity contribution in [3.63, 3.8) is 0 Å². The molecule has 0 bridgehead atoms. The Bertz CT molecular complexity index is 249. The average molecular weight is 243 g/mol. The topological polar surface area (TPSA) is 13.1 Å². The normalized spacial score (nSPS) is 12.0. The van der Waals surface area contributed by atoms with Crippen molar-refractivity contribution >= 4 is 15.9 Å². The summed E-state index contributed by atoms with van der Waals surface area (Å²) in [5, 5.41) is 0.963. The number of aryl methyl sites for hydroxylation is 1. The van der Waals surface area contributed by atoms with Gasteiger partial charge in [0.05, 0.1) is 12.5 Å². The van der Waals surface area contributed by atoms with Gasteiger partial charge >= 0.3 is 0 Å². The first-order chi connectivity index (χ1) is 6.33. The van der Waals surface area contributed by atoms with E-state index < -0.39 is 0 Å². The third-order valence-electron chi connectivity index (χ3n) is 2.04. The molecular formula is C11H15BrO. The van der Waals surface area contributed by atoms with Crippen LogP contribution >= 0.6 is 15.9 Å². The van der Waals surface area contributed by atoms with Crippen molar-refractivity contribution < 1.29 is 4.42 Å². The van der Waals surface area contributed by atoms with E-state index >= 15 is 0 Å². The Morgan fingerprint density at radius 2 is 2.46 bits per heavy atom. The van der Waals surface area contributed by atoms with Crippen molar-refractivity contribution in [1.82, 2.24) is 0 Å². The summed E-state index contributed by atoms with van der Waals surface area (Å²) in [5.41, 5.74) is 2.76. The van der Waals surface area contributed by atoms with E-state index in [1.54, 1.807) is 6.26 Å². The minimum absolute atomic E-state index is 0.963. The summed E-state index contributed by atoms with van der Waals surface area (Å²) in [6.07, 6.45) is 9.27. The lowest BCUT2D eigenvalue weighted by molar-refractivity contribution is 0.563. The molecule has 0 saturated carbocycles. The van der Waals surface area contributed by atoms with Gasteiger partial charge in [0.2, 0.25) is 0 Å². The molecule has 72 valence electrons. The van der Waals surface area contributed by atoms with Gasteiger partial charge in [-0.3, -0.25) is 0 Å². The third kappa shape index (κ3) is 4.32. The van der Waals surface area contributed by atoms with Crippen molar-refractivity contribution in [3.8, 4) is 0 Å². The van der Waals surface area contributed by atoms with Gasteiger partial charge in [0, 0.05) is 5.33 Å². The maximum absolute atomic E-state index is 5.00. The van der Waals surface area contributed by atoms with Crippen LogP contribution in [0, 0.1) is 0 Å². The number of halogens is 1. The van der Waals surface area contributed by atoms with E-state index in [1.165, 1.54) is 24.0 Å². The van der Waals surface area contributed by atoms with Crippen LogP contribution in [0.3, 0.4) is 0 Å². The van der Waals surface area contributed by atoms with E-state index in [1.807, 2.05) is 12.3 Å². The highest BCUT2D eigenvalue weighted by molar-refractivity contribution is 9.09. The fraction of sp³-hybridized carbons (Fsp3) is 0.455. The van der Waals surface area contributed by atoms with Gasteiger partial charge in [-0.05, 0) is 37.8 Å². The van der Waals surface area contributed by atoms with Gasteiger partial charge in [0.1, 0.15) is 0 Å². The monoisotopic (exact) mass is 242 g/mol. The Labute approximate surface area is 88.0 Å². The van der Waals surface area contributed by atoms with E-state index in [2.05, 4.69) is 28.9 Å². The zero-order valence-electron chi connectivity index (χ0n) is 7.92. The third-order valence-corrected chi connectivity index (χ3v) is 2.37. The molecule has 13 heavy (non-hydrogen) atoms. The summed E-state index contributed by atoms with van der Waals surface area (Å²) >= 11 is 3.39. The first kappa shape index (κ1) is 10.6. The molecule has 0 saturated heterocycles. The predicted molar refractivity (Wildman–Crippen MR) is 59.2 cm³/mol. The SMILES string of the molecule is C/C(=C\CBr)CCCc1ccoc1. The molecule has 0 N–H and O–H groups in total.